The highest BCUT2D eigenvalue weighted by Gasteiger charge is 2.22. The van der Waals surface area contributed by atoms with Gasteiger partial charge < -0.3 is 15.1 Å². The molecule has 1 aliphatic heterocycles. The molecule has 1 fully saturated rings. The van der Waals surface area contributed by atoms with Crippen molar-refractivity contribution in [1.82, 2.24) is 14.9 Å². The van der Waals surface area contributed by atoms with E-state index in [2.05, 4.69) is 21.8 Å². The maximum atomic E-state index is 5.54. The van der Waals surface area contributed by atoms with Gasteiger partial charge in [-0.1, -0.05) is 6.92 Å². The summed E-state index contributed by atoms with van der Waals surface area (Å²) in [6.07, 6.45) is 2.43. The van der Waals surface area contributed by atoms with Gasteiger partial charge in [0.25, 0.3) is 6.01 Å². The molecular weight excluding hydrogens is 228 g/mol. The van der Waals surface area contributed by atoms with Gasteiger partial charge in [-0.25, -0.2) is 4.98 Å². The number of nitrogens with zero attached hydrogens (tertiary/aromatic N) is 3. The van der Waals surface area contributed by atoms with Crippen LogP contribution in [-0.2, 0) is 0 Å². The van der Waals surface area contributed by atoms with Crippen LogP contribution in [0.5, 0.6) is 0 Å². The lowest BCUT2D eigenvalue weighted by Gasteiger charge is -2.31. The SMILES string of the molecule is CCN1CCCC(c2ccc3oc(N)nc3n2)C1. The van der Waals surface area contributed by atoms with Crippen LogP contribution in [-0.4, -0.2) is 34.5 Å². The van der Waals surface area contributed by atoms with Gasteiger partial charge in [-0.3, -0.25) is 0 Å². The van der Waals surface area contributed by atoms with Crippen molar-refractivity contribution in [3.63, 3.8) is 0 Å². The Morgan fingerprint density at radius 2 is 2.33 bits per heavy atom. The highest BCUT2D eigenvalue weighted by Crippen LogP contribution is 2.27. The molecule has 0 radical (unpaired) electrons. The zero-order chi connectivity index (χ0) is 12.5. The molecule has 96 valence electrons. The molecule has 0 aliphatic carbocycles. The molecule has 2 N–H and O–H groups in total. The Hall–Kier alpha value is -1.62. The molecule has 1 atom stereocenters. The molecule has 1 saturated heterocycles. The second-order valence-electron chi connectivity index (χ2n) is 4.84. The predicted octanol–water partition coefficient (Wildman–Crippen LogP) is 2.00. The Bertz CT molecular complexity index is 551. The van der Waals surface area contributed by atoms with Crippen molar-refractivity contribution in [3.8, 4) is 0 Å². The summed E-state index contributed by atoms with van der Waals surface area (Å²) in [6.45, 7) is 5.60. The topological polar surface area (TPSA) is 68.2 Å². The molecule has 1 aliphatic rings. The van der Waals surface area contributed by atoms with Crippen molar-refractivity contribution in [2.75, 3.05) is 25.4 Å². The third-order valence-corrected chi connectivity index (χ3v) is 3.66. The molecule has 2 aromatic heterocycles. The summed E-state index contributed by atoms with van der Waals surface area (Å²) in [4.78, 5) is 11.1. The fourth-order valence-corrected chi connectivity index (χ4v) is 2.66. The van der Waals surface area contributed by atoms with Crippen LogP contribution in [0.25, 0.3) is 11.2 Å². The summed E-state index contributed by atoms with van der Waals surface area (Å²) in [6, 6.07) is 4.15. The predicted molar refractivity (Wildman–Crippen MR) is 70.3 cm³/mol. The fraction of sp³-hybridized carbons (Fsp3) is 0.538. The summed E-state index contributed by atoms with van der Waals surface area (Å²) in [5, 5.41) is 0. The first-order chi connectivity index (χ1) is 8.76. The number of nitrogen functional groups attached to an aromatic ring is 1. The van der Waals surface area contributed by atoms with Gasteiger partial charge in [-0.05, 0) is 38.1 Å². The van der Waals surface area contributed by atoms with Gasteiger partial charge in [0.2, 0.25) is 5.65 Å². The lowest BCUT2D eigenvalue weighted by Crippen LogP contribution is -2.34. The van der Waals surface area contributed by atoms with Crippen LogP contribution in [0.4, 0.5) is 6.01 Å². The number of oxazole rings is 1. The van der Waals surface area contributed by atoms with E-state index in [9.17, 15) is 0 Å². The first-order valence-corrected chi connectivity index (χ1v) is 6.51. The van der Waals surface area contributed by atoms with Gasteiger partial charge in [0.05, 0.1) is 0 Å². The molecule has 3 rings (SSSR count). The van der Waals surface area contributed by atoms with Crippen molar-refractivity contribution in [2.24, 2.45) is 0 Å². The Balaban J connectivity index is 1.88. The van der Waals surface area contributed by atoms with Crippen LogP contribution >= 0.6 is 0 Å². The van der Waals surface area contributed by atoms with E-state index in [1.165, 1.54) is 19.4 Å². The van der Waals surface area contributed by atoms with Crippen LogP contribution in [0.3, 0.4) is 0 Å². The van der Waals surface area contributed by atoms with Crippen molar-refractivity contribution in [2.45, 2.75) is 25.7 Å². The van der Waals surface area contributed by atoms with Crippen molar-refractivity contribution in [1.29, 1.82) is 0 Å². The van der Waals surface area contributed by atoms with E-state index < -0.39 is 0 Å². The molecule has 5 heteroatoms. The Labute approximate surface area is 106 Å². The van der Waals surface area contributed by atoms with Crippen LogP contribution in [0, 0.1) is 0 Å². The Morgan fingerprint density at radius 1 is 1.44 bits per heavy atom. The van der Waals surface area contributed by atoms with E-state index in [0.29, 0.717) is 17.1 Å². The van der Waals surface area contributed by atoms with Gasteiger partial charge in [0.15, 0.2) is 5.58 Å². The molecule has 1 unspecified atom stereocenters. The van der Waals surface area contributed by atoms with Crippen molar-refractivity contribution < 1.29 is 4.42 Å². The normalized spacial score (nSPS) is 21.5. The van der Waals surface area contributed by atoms with Gasteiger partial charge in [-0.15, -0.1) is 0 Å². The monoisotopic (exact) mass is 246 g/mol. The molecule has 18 heavy (non-hydrogen) atoms. The molecule has 2 aromatic rings. The van der Waals surface area contributed by atoms with E-state index in [1.807, 2.05) is 12.1 Å². The van der Waals surface area contributed by atoms with E-state index in [4.69, 9.17) is 10.2 Å². The summed E-state index contributed by atoms with van der Waals surface area (Å²) >= 11 is 0. The minimum atomic E-state index is 0.188. The highest BCUT2D eigenvalue weighted by molar-refractivity contribution is 5.69. The number of anilines is 1. The fourth-order valence-electron chi connectivity index (χ4n) is 2.66. The summed E-state index contributed by atoms with van der Waals surface area (Å²) in [7, 11) is 0. The van der Waals surface area contributed by atoms with Crippen LogP contribution in [0.2, 0.25) is 0 Å². The smallest absolute Gasteiger partial charge is 0.294 e. The molecule has 0 amide bonds. The number of pyridine rings is 1. The Kier molecular flexibility index (Phi) is 2.91. The number of aromatic nitrogens is 2. The van der Waals surface area contributed by atoms with Crippen LogP contribution in [0.1, 0.15) is 31.4 Å². The highest BCUT2D eigenvalue weighted by atomic mass is 16.4. The third kappa shape index (κ3) is 2.06. The van der Waals surface area contributed by atoms with Gasteiger partial charge in [0, 0.05) is 18.2 Å². The maximum Gasteiger partial charge on any atom is 0.294 e. The van der Waals surface area contributed by atoms with Gasteiger partial charge >= 0.3 is 0 Å². The first kappa shape index (κ1) is 11.5. The lowest BCUT2D eigenvalue weighted by atomic mass is 9.94. The third-order valence-electron chi connectivity index (χ3n) is 3.66. The number of rotatable bonds is 2. The second-order valence-corrected chi connectivity index (χ2v) is 4.84. The quantitative estimate of drug-likeness (QED) is 0.877. The van der Waals surface area contributed by atoms with Crippen LogP contribution in [0.15, 0.2) is 16.5 Å². The molecule has 0 bridgehead atoms. The van der Waals surface area contributed by atoms with Gasteiger partial charge in [0.1, 0.15) is 0 Å². The number of hydrogen-bond donors (Lipinski definition) is 1. The molecular formula is C13H18N4O. The largest absolute Gasteiger partial charge is 0.422 e. The molecule has 5 nitrogen and oxygen atoms in total. The van der Waals surface area contributed by atoms with E-state index in [-0.39, 0.29) is 6.01 Å². The summed E-state index contributed by atoms with van der Waals surface area (Å²) < 4.78 is 5.25. The first-order valence-electron chi connectivity index (χ1n) is 6.51. The van der Waals surface area contributed by atoms with Gasteiger partial charge in [-0.2, -0.15) is 4.98 Å². The minimum absolute atomic E-state index is 0.188. The zero-order valence-electron chi connectivity index (χ0n) is 10.6. The van der Waals surface area contributed by atoms with Crippen molar-refractivity contribution >= 4 is 17.2 Å². The number of piperidine rings is 1. The van der Waals surface area contributed by atoms with E-state index >= 15 is 0 Å². The zero-order valence-corrected chi connectivity index (χ0v) is 10.6. The molecule has 0 spiro atoms. The Morgan fingerprint density at radius 3 is 3.17 bits per heavy atom. The molecule has 0 saturated carbocycles. The van der Waals surface area contributed by atoms with E-state index in [0.717, 1.165) is 18.8 Å². The number of hydrogen-bond acceptors (Lipinski definition) is 5. The standard InChI is InChI=1S/C13H18N4O/c1-2-17-7-3-4-9(8-17)10-5-6-11-12(15-10)16-13(14)18-11/h5-6,9H,2-4,7-8H2,1H3,(H2,14,15,16). The summed E-state index contributed by atoms with van der Waals surface area (Å²) in [5.74, 6) is 0.501. The van der Waals surface area contributed by atoms with Crippen molar-refractivity contribution in [3.05, 3.63) is 17.8 Å². The number of likely N-dealkylation sites (tertiary alicyclic amines) is 1. The minimum Gasteiger partial charge on any atom is -0.422 e. The summed E-state index contributed by atoms with van der Waals surface area (Å²) in [5.41, 5.74) is 7.93. The average Bonchev–Trinajstić information content (AvgIpc) is 2.77. The number of fused-ring (bicyclic) bond motifs is 1. The average molecular weight is 246 g/mol. The second kappa shape index (κ2) is 4.57. The number of nitrogens with two attached hydrogens (primary N) is 1. The van der Waals surface area contributed by atoms with Crippen LogP contribution < -0.4 is 5.73 Å². The molecule has 0 aromatic carbocycles. The van der Waals surface area contributed by atoms with E-state index in [1.54, 1.807) is 0 Å². The number of likely N-dealkylation sites (N-methyl/N-ethyl adjacent to an activating group) is 1. The maximum absolute atomic E-state index is 5.54. The molecule has 3 heterocycles. The lowest BCUT2D eigenvalue weighted by molar-refractivity contribution is 0.216.